The van der Waals surface area contributed by atoms with Crippen LogP contribution >= 0.6 is 0 Å². The summed E-state index contributed by atoms with van der Waals surface area (Å²) in [6, 6.07) is 0. The first kappa shape index (κ1) is 12.1. The molecule has 1 fully saturated rings. The van der Waals surface area contributed by atoms with Crippen LogP contribution in [0, 0.1) is 6.92 Å². The minimum absolute atomic E-state index is 0.369. The van der Waals surface area contributed by atoms with Gasteiger partial charge in [-0.3, -0.25) is 9.48 Å². The van der Waals surface area contributed by atoms with Crippen LogP contribution < -0.4 is 0 Å². The molecule has 0 bridgehead atoms. The van der Waals surface area contributed by atoms with E-state index in [1.54, 1.807) is 11.7 Å². The highest BCUT2D eigenvalue weighted by Gasteiger charge is 2.46. The van der Waals surface area contributed by atoms with E-state index in [-0.39, 0.29) is 6.10 Å². The summed E-state index contributed by atoms with van der Waals surface area (Å²) in [7, 11) is 1.80. The van der Waals surface area contributed by atoms with Gasteiger partial charge in [0.1, 0.15) is 5.41 Å². The van der Waals surface area contributed by atoms with E-state index in [9.17, 15) is 15.0 Å². The third-order valence-electron chi connectivity index (χ3n) is 3.68. The molecule has 94 valence electrons. The zero-order valence-electron chi connectivity index (χ0n) is 10.2. The Morgan fingerprint density at radius 1 is 1.53 bits per heavy atom. The smallest absolute Gasteiger partial charge is 0.315 e. The lowest BCUT2D eigenvalue weighted by molar-refractivity contribution is -0.146. The fraction of sp³-hybridized carbons (Fsp3) is 0.667. The Morgan fingerprint density at radius 3 is 2.53 bits per heavy atom. The number of hydrogen-bond acceptors (Lipinski definition) is 3. The van der Waals surface area contributed by atoms with E-state index in [0.29, 0.717) is 31.4 Å². The zero-order valence-corrected chi connectivity index (χ0v) is 10.2. The first-order valence-corrected chi connectivity index (χ1v) is 5.88. The number of aliphatic carboxylic acids is 1. The van der Waals surface area contributed by atoms with Crippen molar-refractivity contribution in [2.45, 2.75) is 44.1 Å². The number of carboxylic acids is 1. The molecular formula is C12H18N2O3. The standard InChI is InChI=1S/C12H18N2O3/c1-8-7-14(2)13-10(8)12(11(16)17)5-3-9(15)4-6-12/h7,9,15H,3-6H2,1-2H3,(H,16,17). The van der Waals surface area contributed by atoms with Crippen LogP contribution in [-0.2, 0) is 17.3 Å². The first-order valence-electron chi connectivity index (χ1n) is 5.88. The first-order chi connectivity index (χ1) is 7.95. The van der Waals surface area contributed by atoms with E-state index in [4.69, 9.17) is 0 Å². The molecule has 1 heterocycles. The minimum atomic E-state index is -0.912. The third kappa shape index (κ3) is 1.95. The lowest BCUT2D eigenvalue weighted by Gasteiger charge is -2.34. The summed E-state index contributed by atoms with van der Waals surface area (Å²) in [5.74, 6) is -0.828. The number of aryl methyl sites for hydroxylation is 2. The topological polar surface area (TPSA) is 75.4 Å². The predicted molar refractivity (Wildman–Crippen MR) is 61.7 cm³/mol. The molecule has 0 saturated heterocycles. The van der Waals surface area contributed by atoms with Crippen molar-refractivity contribution in [3.8, 4) is 0 Å². The second kappa shape index (κ2) is 4.14. The molecule has 0 spiro atoms. The molecule has 0 amide bonds. The molecule has 1 aromatic rings. The van der Waals surface area contributed by atoms with Crippen molar-refractivity contribution in [3.63, 3.8) is 0 Å². The molecule has 5 heteroatoms. The normalized spacial score (nSPS) is 29.2. The van der Waals surface area contributed by atoms with Crippen molar-refractivity contribution in [2.24, 2.45) is 7.05 Å². The van der Waals surface area contributed by atoms with Crippen LogP contribution in [0.3, 0.4) is 0 Å². The minimum Gasteiger partial charge on any atom is -0.481 e. The lowest BCUT2D eigenvalue weighted by Crippen LogP contribution is -2.41. The number of carbonyl (C=O) groups is 1. The van der Waals surface area contributed by atoms with Crippen LogP contribution in [-0.4, -0.2) is 32.1 Å². The number of aliphatic hydroxyl groups is 1. The maximum atomic E-state index is 11.6. The van der Waals surface area contributed by atoms with Crippen molar-refractivity contribution in [2.75, 3.05) is 0 Å². The van der Waals surface area contributed by atoms with Crippen LogP contribution in [0.25, 0.3) is 0 Å². The number of rotatable bonds is 2. The molecule has 2 rings (SSSR count). The van der Waals surface area contributed by atoms with Gasteiger partial charge in [-0.25, -0.2) is 0 Å². The summed E-state index contributed by atoms with van der Waals surface area (Å²) in [6.07, 6.45) is 3.45. The van der Waals surface area contributed by atoms with Crippen LogP contribution in [0.1, 0.15) is 36.9 Å². The lowest BCUT2D eigenvalue weighted by atomic mass is 9.70. The summed E-state index contributed by atoms with van der Waals surface area (Å²) in [4.78, 5) is 11.6. The molecule has 0 aromatic carbocycles. The van der Waals surface area contributed by atoms with E-state index in [1.807, 2.05) is 13.1 Å². The molecule has 1 saturated carbocycles. The maximum absolute atomic E-state index is 11.6. The summed E-state index contributed by atoms with van der Waals surface area (Å²) in [5.41, 5.74) is 0.649. The molecule has 1 aliphatic rings. The van der Waals surface area contributed by atoms with Crippen LogP contribution in [0.5, 0.6) is 0 Å². The highest BCUT2D eigenvalue weighted by molar-refractivity contribution is 5.81. The van der Waals surface area contributed by atoms with E-state index in [0.717, 1.165) is 5.56 Å². The molecule has 0 unspecified atom stereocenters. The van der Waals surface area contributed by atoms with Crippen molar-refractivity contribution >= 4 is 5.97 Å². The second-order valence-electron chi connectivity index (χ2n) is 4.95. The van der Waals surface area contributed by atoms with Gasteiger partial charge in [0.2, 0.25) is 0 Å². The van der Waals surface area contributed by atoms with E-state index < -0.39 is 11.4 Å². The number of aromatic nitrogens is 2. The van der Waals surface area contributed by atoms with Crippen molar-refractivity contribution in [3.05, 3.63) is 17.5 Å². The van der Waals surface area contributed by atoms with Gasteiger partial charge in [-0.2, -0.15) is 5.10 Å². The summed E-state index contributed by atoms with van der Waals surface area (Å²) in [6.45, 7) is 1.89. The van der Waals surface area contributed by atoms with Crippen LogP contribution in [0.4, 0.5) is 0 Å². The predicted octanol–water partition coefficient (Wildman–Crippen LogP) is 0.986. The molecule has 1 aromatic heterocycles. The summed E-state index contributed by atoms with van der Waals surface area (Å²) >= 11 is 0. The molecular weight excluding hydrogens is 220 g/mol. The highest BCUT2D eigenvalue weighted by atomic mass is 16.4. The van der Waals surface area contributed by atoms with Gasteiger partial charge in [-0.15, -0.1) is 0 Å². The largest absolute Gasteiger partial charge is 0.481 e. The van der Waals surface area contributed by atoms with Gasteiger partial charge in [0.25, 0.3) is 0 Å². The zero-order chi connectivity index (χ0) is 12.6. The Kier molecular flexibility index (Phi) is 2.95. The van der Waals surface area contributed by atoms with Gasteiger partial charge in [0, 0.05) is 13.2 Å². The van der Waals surface area contributed by atoms with E-state index >= 15 is 0 Å². The average Bonchev–Trinajstić information content (AvgIpc) is 2.59. The molecule has 5 nitrogen and oxygen atoms in total. The Hall–Kier alpha value is -1.36. The van der Waals surface area contributed by atoms with Crippen molar-refractivity contribution in [1.29, 1.82) is 0 Å². The van der Waals surface area contributed by atoms with Crippen LogP contribution in [0.15, 0.2) is 6.20 Å². The average molecular weight is 238 g/mol. The number of carboxylic acid groups (broad SMARTS) is 1. The SMILES string of the molecule is Cc1cn(C)nc1C1(C(=O)O)CCC(O)CC1. The Labute approximate surface area is 100 Å². The molecule has 2 N–H and O–H groups in total. The molecule has 0 aliphatic heterocycles. The Balaban J connectivity index is 2.42. The van der Waals surface area contributed by atoms with Gasteiger partial charge in [-0.1, -0.05) is 0 Å². The van der Waals surface area contributed by atoms with E-state index in [1.165, 1.54) is 0 Å². The summed E-state index contributed by atoms with van der Waals surface area (Å²) in [5, 5.41) is 23.4. The number of hydrogen-bond donors (Lipinski definition) is 2. The molecule has 0 radical (unpaired) electrons. The second-order valence-corrected chi connectivity index (χ2v) is 4.95. The Morgan fingerprint density at radius 2 is 2.12 bits per heavy atom. The molecule has 17 heavy (non-hydrogen) atoms. The van der Waals surface area contributed by atoms with E-state index in [2.05, 4.69) is 5.10 Å². The molecule has 1 aliphatic carbocycles. The number of aliphatic hydroxyl groups excluding tert-OH is 1. The molecule has 0 atom stereocenters. The maximum Gasteiger partial charge on any atom is 0.315 e. The van der Waals surface area contributed by atoms with Gasteiger partial charge in [0.15, 0.2) is 0 Å². The van der Waals surface area contributed by atoms with Gasteiger partial charge >= 0.3 is 5.97 Å². The van der Waals surface area contributed by atoms with Crippen molar-refractivity contribution in [1.82, 2.24) is 9.78 Å². The monoisotopic (exact) mass is 238 g/mol. The quantitative estimate of drug-likeness (QED) is 0.805. The fourth-order valence-corrected chi connectivity index (χ4v) is 2.73. The van der Waals surface area contributed by atoms with Gasteiger partial charge in [-0.05, 0) is 38.2 Å². The highest BCUT2D eigenvalue weighted by Crippen LogP contribution is 2.40. The summed E-state index contributed by atoms with van der Waals surface area (Å²) < 4.78 is 1.65. The number of nitrogens with zero attached hydrogens (tertiary/aromatic N) is 2. The fourth-order valence-electron chi connectivity index (χ4n) is 2.73. The Bertz CT molecular complexity index is 431. The van der Waals surface area contributed by atoms with Crippen LogP contribution in [0.2, 0.25) is 0 Å². The van der Waals surface area contributed by atoms with Crippen molar-refractivity contribution < 1.29 is 15.0 Å². The van der Waals surface area contributed by atoms with Gasteiger partial charge < -0.3 is 10.2 Å². The third-order valence-corrected chi connectivity index (χ3v) is 3.68. The van der Waals surface area contributed by atoms with Gasteiger partial charge in [0.05, 0.1) is 11.8 Å².